The van der Waals surface area contributed by atoms with Crippen molar-refractivity contribution >= 4 is 35.5 Å². The summed E-state index contributed by atoms with van der Waals surface area (Å²) in [5.74, 6) is 1.16. The number of non-ortho nitro benzene ring substituents is 1. The highest BCUT2D eigenvalue weighted by Crippen LogP contribution is 2.44. The number of carbonyl (C=O) groups excluding carboxylic acids is 3. The first-order valence-electron chi connectivity index (χ1n) is 13.5. The van der Waals surface area contributed by atoms with E-state index in [0.29, 0.717) is 50.3 Å². The number of carbonyl (C=O) groups is 3. The molecule has 4 rings (SSSR count). The minimum absolute atomic E-state index is 0.0329. The van der Waals surface area contributed by atoms with Crippen LogP contribution < -0.4 is 15.8 Å². The lowest BCUT2D eigenvalue weighted by Crippen LogP contribution is -2.53. The topological polar surface area (TPSA) is 167 Å². The van der Waals surface area contributed by atoms with Crippen LogP contribution in [0, 0.1) is 10.1 Å². The first-order valence-corrected chi connectivity index (χ1v) is 14.5. The standard InChI is InChI=1S/C28H35N5O8S/c1-39-23-8-4-21(5-9-23)18-42-28(10-15-40-26(29)35)16-24(25(34)31-13-11-30-12-14-31)32(19-28)27(36)41-17-20-2-6-22(7-3-20)33(37)38/h2-9,24,30H,10-19H2,1H3,(H2,29,35)/t24-,28+/m0/s1. The number of benzene rings is 2. The van der Waals surface area contributed by atoms with Crippen LogP contribution >= 0.6 is 11.8 Å². The van der Waals surface area contributed by atoms with Crippen molar-refractivity contribution in [1.29, 1.82) is 0 Å². The Morgan fingerprint density at radius 1 is 1.07 bits per heavy atom. The Morgan fingerprint density at radius 3 is 2.36 bits per heavy atom. The van der Waals surface area contributed by atoms with Crippen LogP contribution in [0.1, 0.15) is 24.0 Å². The van der Waals surface area contributed by atoms with Crippen molar-refractivity contribution in [2.24, 2.45) is 5.73 Å². The fourth-order valence-corrected chi connectivity index (χ4v) is 6.45. The zero-order valence-corrected chi connectivity index (χ0v) is 24.2. The molecule has 2 heterocycles. The summed E-state index contributed by atoms with van der Waals surface area (Å²) in [7, 11) is 1.60. The molecule has 0 radical (unpaired) electrons. The second kappa shape index (κ2) is 14.2. The fraction of sp³-hybridized carbons (Fsp3) is 0.464. The van der Waals surface area contributed by atoms with Gasteiger partial charge >= 0.3 is 12.2 Å². The summed E-state index contributed by atoms with van der Waals surface area (Å²) in [4.78, 5) is 52.3. The van der Waals surface area contributed by atoms with Gasteiger partial charge in [0.05, 0.1) is 18.6 Å². The van der Waals surface area contributed by atoms with Crippen LogP contribution in [0.15, 0.2) is 48.5 Å². The monoisotopic (exact) mass is 601 g/mol. The van der Waals surface area contributed by atoms with E-state index >= 15 is 0 Å². The molecule has 2 aliphatic rings. The second-order valence-electron chi connectivity index (χ2n) is 10.1. The number of likely N-dealkylation sites (tertiary alicyclic amines) is 1. The number of piperazine rings is 1. The van der Waals surface area contributed by atoms with Gasteiger partial charge in [0.15, 0.2) is 0 Å². The third kappa shape index (κ3) is 8.03. The van der Waals surface area contributed by atoms with E-state index in [9.17, 15) is 24.5 Å². The number of methoxy groups -OCH3 is 1. The van der Waals surface area contributed by atoms with Crippen LogP contribution in [-0.4, -0.2) is 90.0 Å². The number of hydrogen-bond donors (Lipinski definition) is 2. The number of rotatable bonds is 11. The Hall–Kier alpha value is -4.04. The van der Waals surface area contributed by atoms with Crippen molar-refractivity contribution in [3.05, 3.63) is 69.8 Å². The normalized spacial score (nSPS) is 20.2. The lowest BCUT2D eigenvalue weighted by molar-refractivity contribution is -0.384. The number of thioether (sulfide) groups is 1. The molecule has 0 bridgehead atoms. The smallest absolute Gasteiger partial charge is 0.410 e. The molecule has 3 amide bonds. The van der Waals surface area contributed by atoms with Gasteiger partial charge in [-0.1, -0.05) is 12.1 Å². The van der Waals surface area contributed by atoms with Gasteiger partial charge in [-0.15, -0.1) is 11.8 Å². The van der Waals surface area contributed by atoms with Gasteiger partial charge in [0.1, 0.15) is 18.4 Å². The zero-order chi connectivity index (χ0) is 30.1. The Balaban J connectivity index is 1.54. The van der Waals surface area contributed by atoms with Crippen LogP contribution in [0.25, 0.3) is 0 Å². The summed E-state index contributed by atoms with van der Waals surface area (Å²) in [5.41, 5.74) is 6.75. The molecule has 0 aromatic heterocycles. The molecule has 0 unspecified atom stereocenters. The number of nitro groups is 1. The van der Waals surface area contributed by atoms with Crippen molar-refractivity contribution in [3.8, 4) is 5.75 Å². The van der Waals surface area contributed by atoms with Crippen molar-refractivity contribution in [1.82, 2.24) is 15.1 Å². The molecule has 2 aromatic rings. The van der Waals surface area contributed by atoms with Gasteiger partial charge in [-0.2, -0.15) is 0 Å². The van der Waals surface area contributed by atoms with Crippen molar-refractivity contribution in [3.63, 3.8) is 0 Å². The van der Waals surface area contributed by atoms with Gasteiger partial charge in [-0.05, 0) is 48.2 Å². The molecule has 2 fully saturated rings. The Morgan fingerprint density at radius 2 is 1.74 bits per heavy atom. The predicted octanol–water partition coefficient (Wildman–Crippen LogP) is 2.90. The molecule has 2 aromatic carbocycles. The van der Waals surface area contributed by atoms with Gasteiger partial charge in [0.25, 0.3) is 5.69 Å². The predicted molar refractivity (Wildman–Crippen MR) is 155 cm³/mol. The molecule has 3 N–H and O–H groups in total. The maximum Gasteiger partial charge on any atom is 0.410 e. The molecule has 2 aliphatic heterocycles. The molecule has 2 saturated heterocycles. The maximum absolute atomic E-state index is 13.8. The quantitative estimate of drug-likeness (QED) is 0.289. The van der Waals surface area contributed by atoms with Crippen LogP contribution in [0.4, 0.5) is 15.3 Å². The molecule has 42 heavy (non-hydrogen) atoms. The highest BCUT2D eigenvalue weighted by molar-refractivity contribution is 7.99. The third-order valence-electron chi connectivity index (χ3n) is 7.36. The van der Waals surface area contributed by atoms with E-state index in [1.54, 1.807) is 23.8 Å². The van der Waals surface area contributed by atoms with Gasteiger partial charge in [0.2, 0.25) is 5.91 Å². The molecular weight excluding hydrogens is 566 g/mol. The lowest BCUT2D eigenvalue weighted by atomic mass is 10.00. The second-order valence-corrected chi connectivity index (χ2v) is 11.6. The largest absolute Gasteiger partial charge is 0.497 e. The third-order valence-corrected chi connectivity index (χ3v) is 8.95. The van der Waals surface area contributed by atoms with Crippen LogP contribution in [0.5, 0.6) is 5.75 Å². The van der Waals surface area contributed by atoms with Crippen LogP contribution in [0.2, 0.25) is 0 Å². The number of ether oxygens (including phenoxy) is 3. The Bertz CT molecular complexity index is 1260. The van der Waals surface area contributed by atoms with E-state index in [1.165, 1.54) is 29.2 Å². The minimum Gasteiger partial charge on any atom is -0.497 e. The molecule has 0 saturated carbocycles. The number of amides is 3. The van der Waals surface area contributed by atoms with Gasteiger partial charge in [-0.3, -0.25) is 19.8 Å². The molecular formula is C28H35N5O8S. The van der Waals surface area contributed by atoms with E-state index in [1.807, 2.05) is 24.3 Å². The molecule has 226 valence electrons. The highest BCUT2D eigenvalue weighted by atomic mass is 32.2. The summed E-state index contributed by atoms with van der Waals surface area (Å²) in [6.45, 7) is 2.48. The van der Waals surface area contributed by atoms with E-state index in [0.717, 1.165) is 11.3 Å². The van der Waals surface area contributed by atoms with E-state index in [-0.39, 0.29) is 31.4 Å². The molecule has 13 nitrogen and oxygen atoms in total. The van der Waals surface area contributed by atoms with Crippen molar-refractivity contribution < 1.29 is 33.5 Å². The SMILES string of the molecule is COc1ccc(CS[C@]2(CCOC(N)=O)C[C@@H](C(=O)N3CCNCC3)N(C(=O)OCc3ccc([N+](=O)[O-])cc3)C2)cc1. The fourth-order valence-electron chi connectivity index (χ4n) is 5.05. The van der Waals surface area contributed by atoms with Crippen LogP contribution in [0.3, 0.4) is 0 Å². The van der Waals surface area contributed by atoms with Gasteiger partial charge in [-0.25, -0.2) is 9.59 Å². The lowest BCUT2D eigenvalue weighted by Gasteiger charge is -2.32. The number of nitrogens with one attached hydrogen (secondary N) is 1. The Kier molecular flexibility index (Phi) is 10.5. The average molecular weight is 602 g/mol. The van der Waals surface area contributed by atoms with Crippen LogP contribution in [-0.2, 0) is 26.6 Å². The molecule has 14 heteroatoms. The summed E-state index contributed by atoms with van der Waals surface area (Å²) in [6.07, 6.45) is -0.847. The van der Waals surface area contributed by atoms with E-state index in [2.05, 4.69) is 5.32 Å². The zero-order valence-electron chi connectivity index (χ0n) is 23.4. The average Bonchev–Trinajstić information content (AvgIpc) is 3.39. The Labute approximate surface area is 247 Å². The highest BCUT2D eigenvalue weighted by Gasteiger charge is 2.50. The summed E-state index contributed by atoms with van der Waals surface area (Å²) in [5, 5.41) is 14.2. The molecule has 0 aliphatic carbocycles. The number of nitrogens with two attached hydrogens (primary N) is 1. The molecule has 0 spiro atoms. The number of nitrogens with zero attached hydrogens (tertiary/aromatic N) is 3. The summed E-state index contributed by atoms with van der Waals surface area (Å²) in [6, 6.07) is 12.6. The van der Waals surface area contributed by atoms with Gasteiger partial charge in [0, 0.05) is 55.4 Å². The van der Waals surface area contributed by atoms with Gasteiger partial charge < -0.3 is 30.2 Å². The number of hydrogen-bond acceptors (Lipinski definition) is 10. The maximum atomic E-state index is 13.8. The summed E-state index contributed by atoms with van der Waals surface area (Å²) >= 11 is 1.59. The first kappa shape index (κ1) is 30.9. The number of nitro benzene ring substituents is 1. The minimum atomic E-state index is -0.892. The summed E-state index contributed by atoms with van der Waals surface area (Å²) < 4.78 is 15.3. The number of primary amides is 1. The first-order chi connectivity index (χ1) is 20.2. The van der Waals surface area contributed by atoms with Crippen molar-refractivity contribution in [2.45, 2.75) is 36.0 Å². The van der Waals surface area contributed by atoms with E-state index < -0.39 is 27.9 Å². The van der Waals surface area contributed by atoms with E-state index in [4.69, 9.17) is 19.9 Å². The molecule has 2 atom stereocenters. The van der Waals surface area contributed by atoms with Crippen molar-refractivity contribution in [2.75, 3.05) is 46.4 Å².